The Bertz CT molecular complexity index is 992. The van der Waals surface area contributed by atoms with Crippen molar-refractivity contribution in [2.24, 2.45) is 4.99 Å². The summed E-state index contributed by atoms with van der Waals surface area (Å²) in [7, 11) is 3.32. The molecule has 3 aromatic rings. The van der Waals surface area contributed by atoms with Crippen LogP contribution in [0.25, 0.3) is 5.69 Å². The molecule has 0 spiro atoms. The summed E-state index contributed by atoms with van der Waals surface area (Å²) in [6, 6.07) is 18.0. The summed E-state index contributed by atoms with van der Waals surface area (Å²) >= 11 is 0. The van der Waals surface area contributed by atoms with E-state index in [2.05, 4.69) is 23.8 Å². The number of rotatable bonds is 6. The molecule has 1 aliphatic heterocycles. The van der Waals surface area contributed by atoms with Gasteiger partial charge in [-0.25, -0.2) is 0 Å². The Morgan fingerprint density at radius 2 is 1.71 bits per heavy atom. The molecular weight excluding hydrogens is 352 g/mol. The molecule has 28 heavy (non-hydrogen) atoms. The van der Waals surface area contributed by atoms with Crippen LogP contribution in [0, 0.1) is 0 Å². The average Bonchev–Trinajstić information content (AvgIpc) is 3.19. The minimum Gasteiger partial charge on any atom is -0.493 e. The Kier molecular flexibility index (Phi) is 5.06. The number of hydrogen-bond donors (Lipinski definition) is 0. The van der Waals surface area contributed by atoms with E-state index in [0.717, 1.165) is 34.8 Å². The van der Waals surface area contributed by atoms with Gasteiger partial charge in [-0.2, -0.15) is 0 Å². The van der Waals surface area contributed by atoms with Gasteiger partial charge in [0.2, 0.25) is 0 Å². The van der Waals surface area contributed by atoms with E-state index in [-0.39, 0.29) is 6.04 Å². The summed E-state index contributed by atoms with van der Waals surface area (Å²) in [6.07, 6.45) is 2.93. The van der Waals surface area contributed by atoms with Crippen molar-refractivity contribution in [3.05, 3.63) is 72.1 Å². The van der Waals surface area contributed by atoms with Crippen molar-refractivity contribution in [3.8, 4) is 22.9 Å². The van der Waals surface area contributed by atoms with E-state index in [1.807, 2.05) is 48.5 Å². The van der Waals surface area contributed by atoms with E-state index in [1.54, 1.807) is 14.2 Å². The lowest BCUT2D eigenvalue weighted by atomic mass is 10.0. The zero-order valence-corrected chi connectivity index (χ0v) is 16.4. The first-order valence-corrected chi connectivity index (χ1v) is 9.43. The number of para-hydroxylation sites is 1. The molecule has 0 aliphatic carbocycles. The smallest absolute Gasteiger partial charge is 0.162 e. The minimum atomic E-state index is 0.0177. The van der Waals surface area contributed by atoms with Gasteiger partial charge < -0.3 is 18.8 Å². The predicted octanol–water partition coefficient (Wildman–Crippen LogP) is 4.83. The van der Waals surface area contributed by atoms with Crippen LogP contribution in [-0.2, 0) is 0 Å². The maximum absolute atomic E-state index is 6.02. The summed E-state index contributed by atoms with van der Waals surface area (Å²) in [5, 5.41) is 0. The molecule has 5 nitrogen and oxygen atoms in total. The van der Waals surface area contributed by atoms with E-state index in [1.165, 1.54) is 0 Å². The predicted molar refractivity (Wildman–Crippen MR) is 110 cm³/mol. The van der Waals surface area contributed by atoms with Crippen LogP contribution in [0.3, 0.4) is 0 Å². The fourth-order valence-corrected chi connectivity index (χ4v) is 3.60. The van der Waals surface area contributed by atoms with Crippen molar-refractivity contribution in [2.75, 3.05) is 20.8 Å². The number of nitrogens with zero attached hydrogens (tertiary/aromatic N) is 2. The van der Waals surface area contributed by atoms with Crippen LogP contribution < -0.4 is 14.2 Å². The maximum atomic E-state index is 6.02. The van der Waals surface area contributed by atoms with E-state index >= 15 is 0 Å². The van der Waals surface area contributed by atoms with Gasteiger partial charge in [-0.3, -0.25) is 4.99 Å². The second kappa shape index (κ2) is 7.80. The lowest BCUT2D eigenvalue weighted by Crippen LogP contribution is -2.16. The highest BCUT2D eigenvalue weighted by molar-refractivity contribution is 6.01. The third-order valence-corrected chi connectivity index (χ3v) is 5.01. The Balaban J connectivity index is 1.79. The zero-order valence-electron chi connectivity index (χ0n) is 16.4. The summed E-state index contributed by atoms with van der Waals surface area (Å²) in [5.74, 6) is 2.26. The molecule has 2 aromatic carbocycles. The Labute approximate surface area is 165 Å². The third-order valence-electron chi connectivity index (χ3n) is 5.01. The van der Waals surface area contributed by atoms with Crippen molar-refractivity contribution < 1.29 is 14.2 Å². The van der Waals surface area contributed by atoms with Gasteiger partial charge in [-0.05, 0) is 36.8 Å². The van der Waals surface area contributed by atoms with Crippen LogP contribution in [0.4, 0.5) is 0 Å². The van der Waals surface area contributed by atoms with Gasteiger partial charge in [0.25, 0.3) is 0 Å². The fraction of sp³-hybridized carbons (Fsp3) is 0.261. The SMILES string of the molecule is CC[C@H]1N=C(COc2ccccc2)c2cccn2-c2cc(OC)c(OC)cc21. The normalized spacial score (nSPS) is 15.1. The van der Waals surface area contributed by atoms with Gasteiger partial charge in [-0.15, -0.1) is 0 Å². The largest absolute Gasteiger partial charge is 0.493 e. The Morgan fingerprint density at radius 1 is 0.964 bits per heavy atom. The molecule has 0 saturated carbocycles. The van der Waals surface area contributed by atoms with Gasteiger partial charge in [-0.1, -0.05) is 25.1 Å². The topological polar surface area (TPSA) is 45.0 Å². The number of hydrogen-bond acceptors (Lipinski definition) is 4. The first-order valence-electron chi connectivity index (χ1n) is 9.43. The van der Waals surface area contributed by atoms with Crippen molar-refractivity contribution >= 4 is 5.71 Å². The van der Waals surface area contributed by atoms with Gasteiger partial charge in [0.1, 0.15) is 12.4 Å². The quantitative estimate of drug-likeness (QED) is 0.619. The first-order chi connectivity index (χ1) is 13.7. The van der Waals surface area contributed by atoms with Crippen molar-refractivity contribution in [1.82, 2.24) is 4.57 Å². The number of aromatic nitrogens is 1. The van der Waals surface area contributed by atoms with Crippen LogP contribution in [-0.4, -0.2) is 31.1 Å². The molecular formula is C23H24N2O3. The zero-order chi connectivity index (χ0) is 19.5. The molecule has 1 aromatic heterocycles. The van der Waals surface area contributed by atoms with Gasteiger partial charge >= 0.3 is 0 Å². The number of methoxy groups -OCH3 is 2. The van der Waals surface area contributed by atoms with Gasteiger partial charge in [0.15, 0.2) is 11.5 Å². The molecule has 144 valence electrons. The van der Waals surface area contributed by atoms with E-state index < -0.39 is 0 Å². The second-order valence-corrected chi connectivity index (χ2v) is 6.63. The Morgan fingerprint density at radius 3 is 2.43 bits per heavy atom. The van der Waals surface area contributed by atoms with Gasteiger partial charge in [0, 0.05) is 17.8 Å². The second-order valence-electron chi connectivity index (χ2n) is 6.63. The van der Waals surface area contributed by atoms with E-state index in [0.29, 0.717) is 18.1 Å². The molecule has 0 bridgehead atoms. The van der Waals surface area contributed by atoms with Crippen molar-refractivity contribution in [3.63, 3.8) is 0 Å². The molecule has 1 aliphatic rings. The number of aliphatic imine (C=N–C) groups is 1. The van der Waals surface area contributed by atoms with Crippen LogP contribution in [0.5, 0.6) is 17.2 Å². The van der Waals surface area contributed by atoms with Crippen LogP contribution in [0.15, 0.2) is 65.8 Å². The summed E-state index contributed by atoms with van der Waals surface area (Å²) in [5.41, 5.74) is 4.13. The van der Waals surface area contributed by atoms with Crippen molar-refractivity contribution in [1.29, 1.82) is 0 Å². The highest BCUT2D eigenvalue weighted by Crippen LogP contribution is 2.39. The standard InChI is InChI=1S/C23H24N2O3/c1-4-18-17-13-22(26-2)23(27-3)14-21(17)25-12-8-11-20(25)19(24-18)15-28-16-9-6-5-7-10-16/h5-14,18H,4,15H2,1-3H3/t18-/m1/s1. The number of benzene rings is 2. The Hall–Kier alpha value is -3.21. The molecule has 5 heteroatoms. The van der Waals surface area contributed by atoms with Crippen molar-refractivity contribution in [2.45, 2.75) is 19.4 Å². The molecule has 0 saturated heterocycles. The average molecular weight is 376 g/mol. The molecule has 0 amide bonds. The maximum Gasteiger partial charge on any atom is 0.162 e. The molecule has 0 unspecified atom stereocenters. The van der Waals surface area contributed by atoms with E-state index in [4.69, 9.17) is 19.2 Å². The summed E-state index contributed by atoms with van der Waals surface area (Å²) in [4.78, 5) is 5.07. The highest BCUT2D eigenvalue weighted by atomic mass is 16.5. The summed E-state index contributed by atoms with van der Waals surface area (Å²) < 4.78 is 19.2. The number of fused-ring (bicyclic) bond motifs is 3. The van der Waals surface area contributed by atoms with E-state index in [9.17, 15) is 0 Å². The minimum absolute atomic E-state index is 0.0177. The fourth-order valence-electron chi connectivity index (χ4n) is 3.60. The monoisotopic (exact) mass is 376 g/mol. The lowest BCUT2D eigenvalue weighted by Gasteiger charge is -2.18. The first kappa shape index (κ1) is 18.2. The van der Waals surface area contributed by atoms with Crippen LogP contribution >= 0.6 is 0 Å². The molecule has 1 atom stereocenters. The van der Waals surface area contributed by atoms with Crippen LogP contribution in [0.2, 0.25) is 0 Å². The van der Waals surface area contributed by atoms with Crippen LogP contribution in [0.1, 0.15) is 30.6 Å². The van der Waals surface area contributed by atoms with Gasteiger partial charge in [0.05, 0.1) is 37.4 Å². The molecule has 2 heterocycles. The number of ether oxygens (including phenoxy) is 3. The lowest BCUT2D eigenvalue weighted by molar-refractivity contribution is 0.354. The molecule has 0 radical (unpaired) electrons. The molecule has 0 fully saturated rings. The molecule has 4 rings (SSSR count). The third kappa shape index (κ3) is 3.24. The summed E-state index contributed by atoms with van der Waals surface area (Å²) in [6.45, 7) is 2.55. The molecule has 0 N–H and O–H groups in total. The highest BCUT2D eigenvalue weighted by Gasteiger charge is 2.25.